The topological polar surface area (TPSA) is 30.2 Å². The van der Waals surface area contributed by atoms with Gasteiger partial charge in [0.2, 0.25) is 0 Å². The fourth-order valence-corrected chi connectivity index (χ4v) is 1.74. The van der Waals surface area contributed by atoms with Gasteiger partial charge in [0.25, 0.3) is 0 Å². The van der Waals surface area contributed by atoms with E-state index in [9.17, 15) is 0 Å². The van der Waals surface area contributed by atoms with Crippen molar-refractivity contribution in [3.63, 3.8) is 0 Å². The first-order valence-corrected chi connectivity index (χ1v) is 5.07. The Hall–Kier alpha value is -1.09. The van der Waals surface area contributed by atoms with Crippen molar-refractivity contribution < 1.29 is 0 Å². The van der Waals surface area contributed by atoms with Crippen LogP contribution in [-0.2, 0) is 12.4 Å². The molecule has 0 aromatic carbocycles. The van der Waals surface area contributed by atoms with Crippen LogP contribution < -0.4 is 0 Å². The van der Waals surface area contributed by atoms with Crippen LogP contribution in [0.25, 0.3) is 6.20 Å². The second-order valence-electron chi connectivity index (χ2n) is 3.34. The van der Waals surface area contributed by atoms with Crippen LogP contribution in [0.15, 0.2) is 11.1 Å². The minimum atomic E-state index is 0.461. The van der Waals surface area contributed by atoms with Crippen molar-refractivity contribution in [2.45, 2.75) is 26.3 Å². The third-order valence-electron chi connectivity index (χ3n) is 2.38. The average Bonchev–Trinajstić information content (AvgIpc) is 2.36. The summed E-state index contributed by atoms with van der Waals surface area (Å²) in [6.07, 6.45) is 3.99. The number of hydrogen-bond donors (Lipinski definition) is 0. The molecular weight excluding hydrogens is 198 g/mol. The molecule has 1 aromatic rings. The zero-order valence-corrected chi connectivity index (χ0v) is 9.04. The highest BCUT2D eigenvalue weighted by Gasteiger charge is 2.12. The maximum absolute atomic E-state index is 5.79. The Labute approximate surface area is 88.1 Å². The molecule has 0 spiro atoms. The molecule has 1 aliphatic heterocycles. The van der Waals surface area contributed by atoms with Crippen LogP contribution in [-0.4, -0.2) is 15.3 Å². The van der Waals surface area contributed by atoms with E-state index in [2.05, 4.69) is 14.5 Å². The number of rotatable bonds is 1. The minimum absolute atomic E-state index is 0.461. The summed E-state index contributed by atoms with van der Waals surface area (Å²) in [5.74, 6) is 1.42. The van der Waals surface area contributed by atoms with Gasteiger partial charge in [-0.3, -0.25) is 4.99 Å². The van der Waals surface area contributed by atoms with Gasteiger partial charge in [0.15, 0.2) is 0 Å². The molecule has 74 valence electrons. The van der Waals surface area contributed by atoms with Crippen LogP contribution >= 0.6 is 11.6 Å². The van der Waals surface area contributed by atoms with Crippen molar-refractivity contribution in [3.8, 4) is 0 Å². The van der Waals surface area contributed by atoms with Crippen LogP contribution in [0.1, 0.15) is 24.1 Å². The highest BCUT2D eigenvalue weighted by atomic mass is 35.5. The zero-order chi connectivity index (χ0) is 10.1. The van der Waals surface area contributed by atoms with E-state index in [1.54, 1.807) is 0 Å². The third-order valence-corrected chi connectivity index (χ3v) is 2.64. The van der Waals surface area contributed by atoms with Gasteiger partial charge in [0.1, 0.15) is 5.82 Å². The lowest BCUT2D eigenvalue weighted by Gasteiger charge is -1.99. The molecule has 0 saturated carbocycles. The van der Waals surface area contributed by atoms with E-state index in [1.807, 2.05) is 26.1 Å². The molecule has 0 saturated heterocycles. The number of aliphatic imine (C=N–C) groups is 1. The van der Waals surface area contributed by atoms with Crippen LogP contribution in [0.4, 0.5) is 0 Å². The summed E-state index contributed by atoms with van der Waals surface area (Å²) >= 11 is 5.79. The number of allylic oxidation sites excluding steroid dienone is 1. The Kier molecular flexibility index (Phi) is 2.42. The van der Waals surface area contributed by atoms with Crippen molar-refractivity contribution in [1.29, 1.82) is 0 Å². The fourth-order valence-electron chi connectivity index (χ4n) is 1.49. The van der Waals surface area contributed by atoms with Crippen LogP contribution in [0.2, 0.25) is 0 Å². The molecule has 0 fully saturated rings. The van der Waals surface area contributed by atoms with Gasteiger partial charge >= 0.3 is 0 Å². The van der Waals surface area contributed by atoms with Crippen LogP contribution in [0.5, 0.6) is 0 Å². The summed E-state index contributed by atoms with van der Waals surface area (Å²) in [6.45, 7) is 4.65. The summed E-state index contributed by atoms with van der Waals surface area (Å²) in [6, 6.07) is 0. The highest BCUT2D eigenvalue weighted by molar-refractivity contribution is 6.17. The molecule has 3 nitrogen and oxygen atoms in total. The average molecular weight is 210 g/mol. The van der Waals surface area contributed by atoms with E-state index in [1.165, 1.54) is 0 Å². The van der Waals surface area contributed by atoms with E-state index in [0.717, 1.165) is 22.9 Å². The number of halogens is 1. The number of fused-ring (bicyclic) bond motifs is 1. The van der Waals surface area contributed by atoms with Crippen molar-refractivity contribution in [3.05, 3.63) is 23.3 Å². The Morgan fingerprint density at radius 1 is 1.50 bits per heavy atom. The molecule has 0 atom stereocenters. The lowest BCUT2D eigenvalue weighted by atomic mass is 10.3. The van der Waals surface area contributed by atoms with E-state index < -0.39 is 0 Å². The van der Waals surface area contributed by atoms with Gasteiger partial charge in [0.05, 0.1) is 18.1 Å². The molecule has 0 amide bonds. The smallest absolute Gasteiger partial charge is 0.135 e. The Bertz CT molecular complexity index is 415. The number of alkyl halides is 1. The summed E-state index contributed by atoms with van der Waals surface area (Å²) in [4.78, 5) is 8.79. The summed E-state index contributed by atoms with van der Waals surface area (Å²) in [5, 5.41) is 0. The molecule has 0 unspecified atom stereocenters. The van der Waals surface area contributed by atoms with Crippen LogP contribution in [0, 0.1) is 6.92 Å². The molecule has 2 heterocycles. The van der Waals surface area contributed by atoms with Gasteiger partial charge in [-0.25, -0.2) is 4.98 Å². The summed E-state index contributed by atoms with van der Waals surface area (Å²) in [5.41, 5.74) is 3.08. The largest absolute Gasteiger partial charge is 0.306 e. The van der Waals surface area contributed by atoms with E-state index in [0.29, 0.717) is 12.4 Å². The van der Waals surface area contributed by atoms with Gasteiger partial charge in [-0.15, -0.1) is 11.6 Å². The second kappa shape index (κ2) is 3.58. The van der Waals surface area contributed by atoms with Crippen LogP contribution in [0.3, 0.4) is 0 Å². The maximum Gasteiger partial charge on any atom is 0.135 e. The van der Waals surface area contributed by atoms with Gasteiger partial charge in [0, 0.05) is 17.6 Å². The number of hydrogen-bond acceptors (Lipinski definition) is 2. The van der Waals surface area contributed by atoms with Gasteiger partial charge in [-0.1, -0.05) is 0 Å². The van der Waals surface area contributed by atoms with Crippen molar-refractivity contribution >= 4 is 23.5 Å². The van der Waals surface area contributed by atoms with E-state index >= 15 is 0 Å². The minimum Gasteiger partial charge on any atom is -0.306 e. The van der Waals surface area contributed by atoms with Gasteiger partial charge in [-0.2, -0.15) is 0 Å². The predicted octanol–water partition coefficient (Wildman–Crippen LogP) is 2.38. The number of aromatic nitrogens is 2. The predicted molar refractivity (Wildman–Crippen MR) is 58.7 cm³/mol. The Morgan fingerprint density at radius 3 is 3.00 bits per heavy atom. The summed E-state index contributed by atoms with van der Waals surface area (Å²) in [7, 11) is 0. The normalized spacial score (nSPS) is 14.9. The van der Waals surface area contributed by atoms with E-state index in [4.69, 9.17) is 11.6 Å². The highest BCUT2D eigenvalue weighted by Crippen LogP contribution is 2.16. The Morgan fingerprint density at radius 2 is 2.29 bits per heavy atom. The molecular formula is C10H12ClN3. The van der Waals surface area contributed by atoms with E-state index in [-0.39, 0.29) is 0 Å². The lowest BCUT2D eigenvalue weighted by Crippen LogP contribution is -1.95. The molecule has 0 bridgehead atoms. The third kappa shape index (κ3) is 1.48. The maximum atomic E-state index is 5.79. The molecule has 4 heteroatoms. The monoisotopic (exact) mass is 209 g/mol. The fraction of sp³-hybridized carbons (Fsp3) is 0.400. The first kappa shape index (κ1) is 9.46. The lowest BCUT2D eigenvalue weighted by molar-refractivity contribution is 0.888. The molecule has 1 aromatic heterocycles. The second-order valence-corrected chi connectivity index (χ2v) is 3.60. The van der Waals surface area contributed by atoms with Crippen molar-refractivity contribution in [2.24, 2.45) is 4.99 Å². The first-order chi connectivity index (χ1) is 6.72. The number of imidazole rings is 1. The number of nitrogens with zero attached hydrogens (tertiary/aromatic N) is 3. The first-order valence-electron chi connectivity index (χ1n) is 4.54. The molecule has 0 radical (unpaired) electrons. The molecule has 2 rings (SSSR count). The van der Waals surface area contributed by atoms with Gasteiger partial charge < -0.3 is 4.57 Å². The Balaban J connectivity index is 2.50. The summed E-state index contributed by atoms with van der Waals surface area (Å²) < 4.78 is 2.05. The quantitative estimate of drug-likeness (QED) is 0.654. The molecule has 0 N–H and O–H groups in total. The SMILES string of the molecule is CC1=NCc2nc(CCl)c(C)n2C=C1. The van der Waals surface area contributed by atoms with Crippen molar-refractivity contribution in [2.75, 3.05) is 0 Å². The van der Waals surface area contributed by atoms with Crippen molar-refractivity contribution in [1.82, 2.24) is 9.55 Å². The zero-order valence-electron chi connectivity index (χ0n) is 8.29. The molecule has 14 heavy (non-hydrogen) atoms. The van der Waals surface area contributed by atoms with Gasteiger partial charge in [-0.05, 0) is 19.9 Å². The molecule has 1 aliphatic rings. The standard InChI is InChI=1S/C10H12ClN3/c1-7-3-4-14-8(2)9(5-11)13-10(14)6-12-7/h3-4H,5-6H2,1-2H3. The molecule has 0 aliphatic carbocycles.